The van der Waals surface area contributed by atoms with Crippen molar-refractivity contribution in [3.8, 4) is 0 Å². The van der Waals surface area contributed by atoms with Crippen LogP contribution in [0.5, 0.6) is 0 Å². The third-order valence-electron chi connectivity index (χ3n) is 4.06. The smallest absolute Gasteiger partial charge is 0.464 e. The van der Waals surface area contributed by atoms with E-state index in [4.69, 9.17) is 14.0 Å². The van der Waals surface area contributed by atoms with Gasteiger partial charge in [0.15, 0.2) is 0 Å². The molecule has 21 heavy (non-hydrogen) atoms. The van der Waals surface area contributed by atoms with Gasteiger partial charge in [-0.2, -0.15) is 0 Å². The summed E-state index contributed by atoms with van der Waals surface area (Å²) >= 11 is 1.28. The van der Waals surface area contributed by atoms with Crippen molar-refractivity contribution in [3.63, 3.8) is 0 Å². The quantitative estimate of drug-likeness (QED) is 0.633. The molecular weight excluding hydrogens is 289 g/mol. The van der Waals surface area contributed by atoms with Crippen LogP contribution in [0, 0.1) is 0 Å². The maximum Gasteiger partial charge on any atom is 0.507 e. The minimum atomic E-state index is -0.497. The highest BCUT2D eigenvalue weighted by molar-refractivity contribution is 7.23. The van der Waals surface area contributed by atoms with Gasteiger partial charge in [0.25, 0.3) is 0 Å². The highest BCUT2D eigenvalue weighted by Crippen LogP contribution is 2.37. The number of thiazole rings is 1. The lowest BCUT2D eigenvalue weighted by atomic mass is 9.84. The van der Waals surface area contributed by atoms with Crippen LogP contribution in [0.4, 0.5) is 0 Å². The first kappa shape index (κ1) is 16.5. The predicted molar refractivity (Wildman–Crippen MR) is 83.3 cm³/mol. The van der Waals surface area contributed by atoms with Gasteiger partial charge in [-0.1, -0.05) is 13.8 Å². The third kappa shape index (κ3) is 2.87. The standard InChI is InChI=1S/C14H22BNO4S/c1-8(2)9-10(21-11(16-9)12(17)18-7)15-19-13(3,4)14(5,6)20-15/h8H,1-7H3. The zero-order valence-corrected chi connectivity index (χ0v) is 14.5. The summed E-state index contributed by atoms with van der Waals surface area (Å²) in [5, 5.41) is 0.339. The fourth-order valence-corrected chi connectivity index (χ4v) is 3.15. The molecule has 1 aromatic rings. The molecule has 0 radical (unpaired) electrons. The van der Waals surface area contributed by atoms with E-state index in [1.165, 1.54) is 18.4 Å². The van der Waals surface area contributed by atoms with E-state index in [2.05, 4.69) is 4.98 Å². The molecule has 5 nitrogen and oxygen atoms in total. The molecule has 1 aromatic heterocycles. The average molecular weight is 311 g/mol. The largest absolute Gasteiger partial charge is 0.507 e. The molecule has 0 amide bonds. The van der Waals surface area contributed by atoms with Gasteiger partial charge in [-0.3, -0.25) is 0 Å². The van der Waals surface area contributed by atoms with Crippen molar-refractivity contribution < 1.29 is 18.8 Å². The van der Waals surface area contributed by atoms with Crippen LogP contribution in [-0.2, 0) is 14.0 Å². The van der Waals surface area contributed by atoms with Crippen molar-refractivity contribution in [2.45, 2.75) is 58.7 Å². The van der Waals surface area contributed by atoms with Crippen molar-refractivity contribution in [3.05, 3.63) is 10.7 Å². The molecule has 0 spiro atoms. The molecule has 0 N–H and O–H groups in total. The zero-order chi connectivity index (χ0) is 16.0. The molecule has 7 heteroatoms. The normalized spacial score (nSPS) is 20.1. The Bertz CT molecular complexity index is 537. The van der Waals surface area contributed by atoms with Crippen molar-refractivity contribution in [2.75, 3.05) is 7.11 Å². The van der Waals surface area contributed by atoms with Crippen LogP contribution in [0.3, 0.4) is 0 Å². The predicted octanol–water partition coefficient (Wildman–Crippen LogP) is 2.35. The molecule has 2 rings (SSSR count). The lowest BCUT2D eigenvalue weighted by molar-refractivity contribution is 0.00578. The number of esters is 1. The van der Waals surface area contributed by atoms with E-state index in [1.54, 1.807) is 0 Å². The second-order valence-electron chi connectivity index (χ2n) is 6.50. The Kier molecular flexibility index (Phi) is 4.21. The molecule has 1 saturated heterocycles. The zero-order valence-electron chi connectivity index (χ0n) is 13.6. The van der Waals surface area contributed by atoms with Gasteiger partial charge in [0.2, 0.25) is 5.01 Å². The summed E-state index contributed by atoms with van der Waals surface area (Å²) < 4.78 is 17.7. The number of methoxy groups -OCH3 is 1. The molecule has 0 atom stereocenters. The van der Waals surface area contributed by atoms with Gasteiger partial charge >= 0.3 is 13.1 Å². The molecule has 0 saturated carbocycles. The van der Waals surface area contributed by atoms with Gasteiger partial charge < -0.3 is 14.0 Å². The Morgan fingerprint density at radius 2 is 1.76 bits per heavy atom. The molecule has 2 heterocycles. The molecule has 116 valence electrons. The lowest BCUT2D eigenvalue weighted by Crippen LogP contribution is -2.41. The monoisotopic (exact) mass is 311 g/mol. The van der Waals surface area contributed by atoms with Crippen LogP contribution in [-0.4, -0.2) is 36.4 Å². The molecule has 0 bridgehead atoms. The molecule has 0 aromatic carbocycles. The van der Waals surface area contributed by atoms with Crippen LogP contribution < -0.4 is 4.78 Å². The highest BCUT2D eigenvalue weighted by atomic mass is 32.1. The highest BCUT2D eigenvalue weighted by Gasteiger charge is 2.53. The van der Waals surface area contributed by atoms with Crippen LogP contribution in [0.25, 0.3) is 0 Å². The molecule has 1 fully saturated rings. The Morgan fingerprint density at radius 1 is 1.24 bits per heavy atom. The number of hydrogen-bond acceptors (Lipinski definition) is 6. The summed E-state index contributed by atoms with van der Waals surface area (Å²) in [6, 6.07) is 0. The molecule has 1 aliphatic heterocycles. The van der Waals surface area contributed by atoms with E-state index in [9.17, 15) is 4.79 Å². The fourth-order valence-electron chi connectivity index (χ4n) is 2.05. The van der Waals surface area contributed by atoms with E-state index in [0.717, 1.165) is 10.5 Å². The fraction of sp³-hybridized carbons (Fsp3) is 0.714. The number of rotatable bonds is 3. The molecule has 0 aliphatic carbocycles. The van der Waals surface area contributed by atoms with Gasteiger partial charge in [-0.15, -0.1) is 11.3 Å². The summed E-state index contributed by atoms with van der Waals surface area (Å²) in [5.74, 6) is -0.252. The van der Waals surface area contributed by atoms with E-state index in [1.807, 2.05) is 41.5 Å². The topological polar surface area (TPSA) is 57.7 Å². The summed E-state index contributed by atoms with van der Waals surface area (Å²) in [6.45, 7) is 12.1. The molecular formula is C14H22BNO4S. The van der Waals surface area contributed by atoms with Crippen molar-refractivity contribution in [1.82, 2.24) is 4.98 Å². The molecule has 1 aliphatic rings. The third-order valence-corrected chi connectivity index (χ3v) is 5.13. The van der Waals surface area contributed by atoms with Gasteiger partial charge in [0.1, 0.15) is 0 Å². The number of ether oxygens (including phenoxy) is 1. The lowest BCUT2D eigenvalue weighted by Gasteiger charge is -2.32. The van der Waals surface area contributed by atoms with Gasteiger partial charge in [0, 0.05) is 0 Å². The summed E-state index contributed by atoms with van der Waals surface area (Å²) in [4.78, 5) is 16.1. The van der Waals surface area contributed by atoms with Crippen LogP contribution in [0.15, 0.2) is 0 Å². The summed E-state index contributed by atoms with van der Waals surface area (Å²) in [6.07, 6.45) is 0. The maximum absolute atomic E-state index is 11.7. The number of aromatic nitrogens is 1. The number of carbonyl (C=O) groups is 1. The summed E-state index contributed by atoms with van der Waals surface area (Å²) in [5.41, 5.74) is 0.00163. The second kappa shape index (κ2) is 5.37. The SMILES string of the molecule is COC(=O)c1nc(C(C)C)c(B2OC(C)(C)C(C)(C)O2)s1. The average Bonchev–Trinajstić information content (AvgIpc) is 2.88. The number of hydrogen-bond donors (Lipinski definition) is 0. The Morgan fingerprint density at radius 3 is 2.19 bits per heavy atom. The van der Waals surface area contributed by atoms with E-state index >= 15 is 0 Å². The van der Waals surface area contributed by atoms with Crippen LogP contribution in [0.2, 0.25) is 0 Å². The van der Waals surface area contributed by atoms with E-state index in [0.29, 0.717) is 5.01 Å². The van der Waals surface area contributed by atoms with Crippen LogP contribution >= 0.6 is 11.3 Å². The van der Waals surface area contributed by atoms with E-state index < -0.39 is 24.3 Å². The number of carbonyl (C=O) groups excluding carboxylic acids is 1. The second-order valence-corrected chi connectivity index (χ2v) is 7.53. The first-order valence-corrected chi connectivity index (χ1v) is 7.85. The van der Waals surface area contributed by atoms with Gasteiger partial charge in [-0.05, 0) is 33.6 Å². The minimum absolute atomic E-state index is 0.175. The maximum atomic E-state index is 11.7. The first-order valence-electron chi connectivity index (χ1n) is 7.03. The molecule has 0 unspecified atom stereocenters. The Hall–Kier alpha value is -0.915. The minimum Gasteiger partial charge on any atom is -0.464 e. The Balaban J connectivity index is 2.40. The first-order chi connectivity index (χ1) is 9.59. The van der Waals surface area contributed by atoms with Crippen LogP contribution in [0.1, 0.15) is 63.0 Å². The van der Waals surface area contributed by atoms with Gasteiger partial charge in [0.05, 0.1) is 28.8 Å². The van der Waals surface area contributed by atoms with Gasteiger partial charge in [-0.25, -0.2) is 9.78 Å². The summed E-state index contributed by atoms with van der Waals surface area (Å²) in [7, 11) is 0.857. The van der Waals surface area contributed by atoms with Crippen molar-refractivity contribution >= 4 is 29.2 Å². The van der Waals surface area contributed by atoms with E-state index in [-0.39, 0.29) is 5.92 Å². The number of nitrogens with zero attached hydrogens (tertiary/aromatic N) is 1. The van der Waals surface area contributed by atoms with Crippen molar-refractivity contribution in [2.24, 2.45) is 0 Å². The Labute approximate surface area is 130 Å². The van der Waals surface area contributed by atoms with Crippen molar-refractivity contribution in [1.29, 1.82) is 0 Å².